The predicted octanol–water partition coefficient (Wildman–Crippen LogP) is 3.64. The Labute approximate surface area is 158 Å². The van der Waals surface area contributed by atoms with E-state index in [1.807, 2.05) is 34.1 Å². The average molecular weight is 369 g/mol. The topological polar surface area (TPSA) is 40.6 Å². The van der Waals surface area contributed by atoms with Gasteiger partial charge in [-0.1, -0.05) is 29.8 Å². The lowest BCUT2D eigenvalue weighted by Gasteiger charge is -2.40. The van der Waals surface area contributed by atoms with Gasteiger partial charge in [-0.15, -0.1) is 0 Å². The number of halogens is 1. The summed E-state index contributed by atoms with van der Waals surface area (Å²) in [5, 5.41) is 0.629. The maximum absolute atomic E-state index is 12.8. The highest BCUT2D eigenvalue weighted by Gasteiger charge is 2.33. The van der Waals surface area contributed by atoms with Gasteiger partial charge in [0, 0.05) is 41.8 Å². The smallest absolute Gasteiger partial charge is 0.254 e. The lowest BCUT2D eigenvalue weighted by molar-refractivity contribution is 0.0505. The minimum absolute atomic E-state index is 0.0374. The summed E-state index contributed by atoms with van der Waals surface area (Å²) in [5.41, 5.74) is 2.64. The standard InChI is InChI=1S/C21H21ClN2O2/c22-17-7-5-16(6-8-17)20(25)23-12-10-18(11-13-23)24-14-9-15-3-1-2-4-19(15)21(24)26/h1-8,18H,9-14H2. The normalized spacial score (nSPS) is 18.0. The third-order valence-corrected chi connectivity index (χ3v) is 5.67. The zero-order valence-electron chi connectivity index (χ0n) is 14.5. The van der Waals surface area contributed by atoms with E-state index in [4.69, 9.17) is 11.6 Å². The molecule has 4 nitrogen and oxygen atoms in total. The van der Waals surface area contributed by atoms with Crippen molar-refractivity contribution in [3.8, 4) is 0 Å². The van der Waals surface area contributed by atoms with Gasteiger partial charge in [0.05, 0.1) is 0 Å². The number of likely N-dealkylation sites (tertiary alicyclic amines) is 1. The molecule has 134 valence electrons. The van der Waals surface area contributed by atoms with Crippen LogP contribution in [-0.2, 0) is 6.42 Å². The van der Waals surface area contributed by atoms with Crippen LogP contribution < -0.4 is 0 Å². The molecule has 4 rings (SSSR count). The molecule has 0 N–H and O–H groups in total. The van der Waals surface area contributed by atoms with E-state index in [2.05, 4.69) is 0 Å². The first-order chi connectivity index (χ1) is 12.6. The van der Waals surface area contributed by atoms with Crippen molar-refractivity contribution in [2.75, 3.05) is 19.6 Å². The highest BCUT2D eigenvalue weighted by molar-refractivity contribution is 6.30. The van der Waals surface area contributed by atoms with Crippen molar-refractivity contribution >= 4 is 23.4 Å². The first-order valence-electron chi connectivity index (χ1n) is 9.07. The van der Waals surface area contributed by atoms with Crippen molar-refractivity contribution < 1.29 is 9.59 Å². The van der Waals surface area contributed by atoms with Crippen LogP contribution in [0.25, 0.3) is 0 Å². The van der Waals surface area contributed by atoms with Gasteiger partial charge < -0.3 is 9.80 Å². The van der Waals surface area contributed by atoms with Crippen LogP contribution in [0.3, 0.4) is 0 Å². The summed E-state index contributed by atoms with van der Waals surface area (Å²) in [5.74, 6) is 0.171. The summed E-state index contributed by atoms with van der Waals surface area (Å²) in [7, 11) is 0. The number of nitrogens with zero attached hydrogens (tertiary/aromatic N) is 2. The van der Waals surface area contributed by atoms with Crippen LogP contribution in [0, 0.1) is 0 Å². The molecule has 0 saturated carbocycles. The van der Waals surface area contributed by atoms with Gasteiger partial charge in [-0.2, -0.15) is 0 Å². The lowest BCUT2D eigenvalue weighted by Crippen LogP contribution is -2.50. The fraction of sp³-hybridized carbons (Fsp3) is 0.333. The van der Waals surface area contributed by atoms with E-state index in [9.17, 15) is 9.59 Å². The molecule has 2 heterocycles. The molecule has 2 aromatic rings. The fourth-order valence-electron chi connectivity index (χ4n) is 3.95. The van der Waals surface area contributed by atoms with Crippen LogP contribution in [0.4, 0.5) is 0 Å². The second-order valence-corrected chi connectivity index (χ2v) is 7.37. The summed E-state index contributed by atoms with van der Waals surface area (Å²) >= 11 is 5.89. The molecule has 0 unspecified atom stereocenters. The third-order valence-electron chi connectivity index (χ3n) is 5.41. The van der Waals surface area contributed by atoms with E-state index in [0.29, 0.717) is 23.7 Å². The number of fused-ring (bicyclic) bond motifs is 1. The third kappa shape index (κ3) is 3.21. The average Bonchev–Trinajstić information content (AvgIpc) is 2.69. The molecule has 0 radical (unpaired) electrons. The Hall–Kier alpha value is -2.33. The minimum Gasteiger partial charge on any atom is -0.338 e. The second kappa shape index (κ2) is 7.12. The Balaban J connectivity index is 1.40. The van der Waals surface area contributed by atoms with Crippen molar-refractivity contribution in [3.05, 3.63) is 70.2 Å². The number of piperidine rings is 1. The highest BCUT2D eigenvalue weighted by atomic mass is 35.5. The van der Waals surface area contributed by atoms with Crippen molar-refractivity contribution in [2.24, 2.45) is 0 Å². The zero-order chi connectivity index (χ0) is 18.1. The van der Waals surface area contributed by atoms with Gasteiger partial charge in [0.2, 0.25) is 0 Å². The molecule has 2 amide bonds. The zero-order valence-corrected chi connectivity index (χ0v) is 15.3. The molecule has 0 aromatic heterocycles. The monoisotopic (exact) mass is 368 g/mol. The molecular weight excluding hydrogens is 348 g/mol. The second-order valence-electron chi connectivity index (χ2n) is 6.94. The van der Waals surface area contributed by atoms with Gasteiger partial charge in [-0.05, 0) is 55.2 Å². The summed E-state index contributed by atoms with van der Waals surface area (Å²) < 4.78 is 0. The first-order valence-corrected chi connectivity index (χ1v) is 9.45. The van der Waals surface area contributed by atoms with E-state index >= 15 is 0 Å². The molecule has 2 aliphatic rings. The van der Waals surface area contributed by atoms with Gasteiger partial charge in [0.25, 0.3) is 11.8 Å². The number of hydrogen-bond donors (Lipinski definition) is 0. The number of carbonyl (C=O) groups is 2. The minimum atomic E-state index is 0.0374. The Kier molecular flexibility index (Phi) is 4.68. The number of hydrogen-bond acceptors (Lipinski definition) is 2. The summed E-state index contributed by atoms with van der Waals surface area (Å²) in [6.45, 7) is 2.13. The largest absolute Gasteiger partial charge is 0.338 e. The first kappa shape index (κ1) is 17.1. The Morgan fingerprint density at radius 2 is 1.65 bits per heavy atom. The van der Waals surface area contributed by atoms with Crippen LogP contribution in [0.2, 0.25) is 5.02 Å². The Morgan fingerprint density at radius 1 is 0.962 bits per heavy atom. The van der Waals surface area contributed by atoms with Crippen LogP contribution in [0.15, 0.2) is 48.5 Å². The molecule has 2 aliphatic heterocycles. The molecule has 0 atom stereocenters. The van der Waals surface area contributed by atoms with Crippen LogP contribution >= 0.6 is 11.6 Å². The van der Waals surface area contributed by atoms with E-state index in [1.165, 1.54) is 0 Å². The number of benzene rings is 2. The molecule has 0 spiro atoms. The molecular formula is C21H21ClN2O2. The van der Waals surface area contributed by atoms with Crippen LogP contribution in [0.1, 0.15) is 39.1 Å². The molecule has 5 heteroatoms. The van der Waals surface area contributed by atoms with E-state index < -0.39 is 0 Å². The molecule has 1 fully saturated rings. The van der Waals surface area contributed by atoms with Crippen LogP contribution in [-0.4, -0.2) is 47.3 Å². The summed E-state index contributed by atoms with van der Waals surface area (Å²) in [6.07, 6.45) is 2.56. The molecule has 2 aromatic carbocycles. The lowest BCUT2D eigenvalue weighted by atomic mass is 9.94. The van der Waals surface area contributed by atoms with E-state index in [1.54, 1.807) is 24.3 Å². The molecule has 0 aliphatic carbocycles. The Morgan fingerprint density at radius 3 is 2.38 bits per heavy atom. The highest BCUT2D eigenvalue weighted by Crippen LogP contribution is 2.25. The molecule has 1 saturated heterocycles. The van der Waals surface area contributed by atoms with E-state index in [-0.39, 0.29) is 17.9 Å². The maximum atomic E-state index is 12.8. The van der Waals surface area contributed by atoms with Gasteiger partial charge in [-0.3, -0.25) is 9.59 Å². The van der Waals surface area contributed by atoms with Crippen LogP contribution in [0.5, 0.6) is 0 Å². The fourth-order valence-corrected chi connectivity index (χ4v) is 4.07. The number of carbonyl (C=O) groups excluding carboxylic acids is 2. The summed E-state index contributed by atoms with van der Waals surface area (Å²) in [4.78, 5) is 29.3. The Bertz CT molecular complexity index is 826. The molecule has 0 bridgehead atoms. The van der Waals surface area contributed by atoms with Crippen molar-refractivity contribution in [1.82, 2.24) is 9.80 Å². The van der Waals surface area contributed by atoms with Crippen molar-refractivity contribution in [3.63, 3.8) is 0 Å². The van der Waals surface area contributed by atoms with Gasteiger partial charge in [0.15, 0.2) is 0 Å². The maximum Gasteiger partial charge on any atom is 0.254 e. The van der Waals surface area contributed by atoms with Crippen molar-refractivity contribution in [2.45, 2.75) is 25.3 Å². The quantitative estimate of drug-likeness (QED) is 0.812. The molecule has 26 heavy (non-hydrogen) atoms. The van der Waals surface area contributed by atoms with E-state index in [0.717, 1.165) is 36.9 Å². The van der Waals surface area contributed by atoms with Gasteiger partial charge >= 0.3 is 0 Å². The number of rotatable bonds is 2. The number of amides is 2. The summed E-state index contributed by atoms with van der Waals surface area (Å²) in [6, 6.07) is 15.1. The van der Waals surface area contributed by atoms with Crippen molar-refractivity contribution in [1.29, 1.82) is 0 Å². The SMILES string of the molecule is O=C(c1ccc(Cl)cc1)N1CCC(N2CCc3ccccc3C2=O)CC1. The van der Waals surface area contributed by atoms with Gasteiger partial charge in [-0.25, -0.2) is 0 Å². The predicted molar refractivity (Wildman–Crippen MR) is 102 cm³/mol. The van der Waals surface area contributed by atoms with Gasteiger partial charge in [0.1, 0.15) is 0 Å².